The van der Waals surface area contributed by atoms with Gasteiger partial charge in [0.25, 0.3) is 5.91 Å². The van der Waals surface area contributed by atoms with E-state index in [1.165, 1.54) is 10.8 Å². The Balaban J connectivity index is 0.000000633. The summed E-state index contributed by atoms with van der Waals surface area (Å²) >= 11 is 0. The van der Waals surface area contributed by atoms with Gasteiger partial charge in [0, 0.05) is 36.4 Å². The standard InChI is InChI=1S/C17H21N3O3S2.C2HF3O2/c1-2-20-12-14(16(19-20)13-6-4-3-5-7-13)17(23)18-9-11-25-24-10-8-15(21)22;3-2(4,5)1(6)7/h3-7,12H,2,8-11H2,1H3,(H,18,23)(H,21,22);(H,6,7). The molecule has 1 amide bonds. The first-order chi connectivity index (χ1) is 15.1. The maximum Gasteiger partial charge on any atom is 0.490 e. The molecule has 13 heteroatoms. The van der Waals surface area contributed by atoms with Gasteiger partial charge in [-0.25, -0.2) is 4.79 Å². The zero-order valence-electron chi connectivity index (χ0n) is 17.0. The zero-order chi connectivity index (χ0) is 24.1. The number of nitrogens with zero attached hydrogens (tertiary/aromatic N) is 2. The molecule has 0 aliphatic heterocycles. The van der Waals surface area contributed by atoms with Crippen LogP contribution in [0.3, 0.4) is 0 Å². The summed E-state index contributed by atoms with van der Waals surface area (Å²) < 4.78 is 33.5. The van der Waals surface area contributed by atoms with Crippen molar-refractivity contribution in [3.05, 3.63) is 42.1 Å². The maximum atomic E-state index is 12.5. The topological polar surface area (TPSA) is 122 Å². The lowest BCUT2D eigenvalue weighted by Crippen LogP contribution is -2.25. The van der Waals surface area contributed by atoms with Crippen LogP contribution in [0.1, 0.15) is 23.7 Å². The molecule has 176 valence electrons. The number of aliphatic carboxylic acids is 2. The van der Waals surface area contributed by atoms with Crippen molar-refractivity contribution in [2.75, 3.05) is 18.1 Å². The smallest absolute Gasteiger partial charge is 0.481 e. The highest BCUT2D eigenvalue weighted by Crippen LogP contribution is 2.23. The molecule has 0 radical (unpaired) electrons. The van der Waals surface area contributed by atoms with Crippen LogP contribution < -0.4 is 5.32 Å². The SMILES string of the molecule is CCn1cc(C(=O)NCCSSCCC(=O)O)c(-c2ccccc2)n1.O=C(O)C(F)(F)F. The van der Waals surface area contributed by atoms with Gasteiger partial charge < -0.3 is 15.5 Å². The number of carboxylic acid groups (broad SMARTS) is 2. The summed E-state index contributed by atoms with van der Waals surface area (Å²) in [6.45, 7) is 3.20. The van der Waals surface area contributed by atoms with Crippen LogP contribution in [0, 0.1) is 0 Å². The first kappa shape index (κ1) is 27.4. The molecule has 1 heterocycles. The second-order valence-corrected chi connectivity index (χ2v) is 8.66. The minimum absolute atomic E-state index is 0.144. The van der Waals surface area contributed by atoms with Crippen LogP contribution in [0.5, 0.6) is 0 Å². The zero-order valence-corrected chi connectivity index (χ0v) is 18.6. The van der Waals surface area contributed by atoms with Gasteiger partial charge in [0.2, 0.25) is 0 Å². The monoisotopic (exact) mass is 493 g/mol. The van der Waals surface area contributed by atoms with E-state index in [4.69, 9.17) is 15.0 Å². The van der Waals surface area contributed by atoms with Crippen LogP contribution in [-0.4, -0.2) is 62.1 Å². The number of carbonyl (C=O) groups is 3. The second-order valence-electron chi connectivity index (χ2n) is 5.96. The summed E-state index contributed by atoms with van der Waals surface area (Å²) in [6.07, 6.45) is -3.16. The lowest BCUT2D eigenvalue weighted by Gasteiger charge is -2.05. The van der Waals surface area contributed by atoms with E-state index in [9.17, 15) is 22.8 Å². The number of halogens is 3. The van der Waals surface area contributed by atoms with Crippen LogP contribution in [0.4, 0.5) is 13.2 Å². The van der Waals surface area contributed by atoms with Crippen molar-refractivity contribution in [1.82, 2.24) is 15.1 Å². The number of carbonyl (C=O) groups excluding carboxylic acids is 1. The van der Waals surface area contributed by atoms with Crippen LogP contribution in [-0.2, 0) is 16.1 Å². The molecule has 0 fully saturated rings. The van der Waals surface area contributed by atoms with Gasteiger partial charge in [-0.3, -0.25) is 14.3 Å². The lowest BCUT2D eigenvalue weighted by molar-refractivity contribution is -0.192. The highest BCUT2D eigenvalue weighted by Gasteiger charge is 2.38. The Labute approximate surface area is 190 Å². The molecule has 0 saturated carbocycles. The Kier molecular flexibility index (Phi) is 11.7. The molecule has 1 aromatic heterocycles. The van der Waals surface area contributed by atoms with Crippen LogP contribution in [0.25, 0.3) is 11.3 Å². The van der Waals surface area contributed by atoms with Gasteiger partial charge >= 0.3 is 18.1 Å². The number of nitrogens with one attached hydrogen (secondary N) is 1. The van der Waals surface area contributed by atoms with E-state index in [0.717, 1.165) is 11.3 Å². The first-order valence-electron chi connectivity index (χ1n) is 9.23. The molecule has 8 nitrogen and oxygen atoms in total. The van der Waals surface area contributed by atoms with Gasteiger partial charge in [0.15, 0.2) is 0 Å². The van der Waals surface area contributed by atoms with Crippen molar-refractivity contribution >= 4 is 39.4 Å². The summed E-state index contributed by atoms with van der Waals surface area (Å²) in [5, 5.41) is 23.1. The fourth-order valence-corrected chi connectivity index (χ4v) is 3.99. The van der Waals surface area contributed by atoms with Crippen molar-refractivity contribution in [2.45, 2.75) is 26.1 Å². The number of hydrogen-bond acceptors (Lipinski definition) is 6. The molecular formula is C19H22F3N3O5S2. The Morgan fingerprint density at radius 3 is 2.22 bits per heavy atom. The molecular weight excluding hydrogens is 471 g/mol. The molecule has 0 aliphatic carbocycles. The number of hydrogen-bond donors (Lipinski definition) is 3. The molecule has 2 aromatic rings. The van der Waals surface area contributed by atoms with E-state index >= 15 is 0 Å². The molecule has 1 aromatic carbocycles. The van der Waals surface area contributed by atoms with Gasteiger partial charge in [-0.1, -0.05) is 51.9 Å². The Morgan fingerprint density at radius 2 is 1.69 bits per heavy atom. The third-order valence-corrected chi connectivity index (χ3v) is 5.98. The molecule has 0 saturated heterocycles. The van der Waals surface area contributed by atoms with Crippen LogP contribution >= 0.6 is 21.6 Å². The van der Waals surface area contributed by atoms with E-state index in [-0.39, 0.29) is 12.3 Å². The molecule has 0 spiro atoms. The first-order valence-corrected chi connectivity index (χ1v) is 11.7. The summed E-state index contributed by atoms with van der Waals surface area (Å²) in [7, 11) is 3.07. The van der Waals surface area contributed by atoms with Crippen LogP contribution in [0.15, 0.2) is 36.5 Å². The quantitative estimate of drug-likeness (QED) is 0.338. The van der Waals surface area contributed by atoms with Gasteiger partial charge in [0.05, 0.1) is 12.0 Å². The van der Waals surface area contributed by atoms with Gasteiger partial charge in [-0.15, -0.1) is 0 Å². The number of alkyl halides is 3. The third kappa shape index (κ3) is 10.1. The van der Waals surface area contributed by atoms with E-state index in [1.54, 1.807) is 21.7 Å². The minimum atomic E-state index is -5.08. The Bertz CT molecular complexity index is 892. The van der Waals surface area contributed by atoms with Gasteiger partial charge in [0.1, 0.15) is 5.69 Å². The number of carboxylic acids is 2. The molecule has 0 bridgehead atoms. The predicted octanol–water partition coefficient (Wildman–Crippen LogP) is 3.79. The fourth-order valence-electron chi connectivity index (χ4n) is 2.11. The molecule has 0 aliphatic rings. The third-order valence-electron chi connectivity index (χ3n) is 3.57. The molecule has 2 rings (SSSR count). The maximum absolute atomic E-state index is 12.5. The molecule has 3 N–H and O–H groups in total. The van der Waals surface area contributed by atoms with Gasteiger partial charge in [-0.05, 0) is 6.92 Å². The number of aromatic nitrogens is 2. The number of benzene rings is 1. The summed E-state index contributed by atoms with van der Waals surface area (Å²) in [5.74, 6) is -2.40. The highest BCUT2D eigenvalue weighted by molar-refractivity contribution is 8.76. The normalized spacial score (nSPS) is 10.8. The summed E-state index contributed by atoms with van der Waals surface area (Å²) in [5.41, 5.74) is 2.17. The molecule has 0 atom stereocenters. The minimum Gasteiger partial charge on any atom is -0.481 e. The number of aryl methyl sites for hydroxylation is 1. The molecule has 0 unspecified atom stereocenters. The second kappa shape index (κ2) is 13.7. The van der Waals surface area contributed by atoms with E-state index in [2.05, 4.69) is 10.4 Å². The fraction of sp³-hybridized carbons (Fsp3) is 0.368. The highest BCUT2D eigenvalue weighted by atomic mass is 33.1. The Morgan fingerprint density at radius 1 is 1.09 bits per heavy atom. The lowest BCUT2D eigenvalue weighted by atomic mass is 10.1. The Hall–Kier alpha value is -2.67. The van der Waals surface area contributed by atoms with E-state index < -0.39 is 18.1 Å². The van der Waals surface area contributed by atoms with Crippen molar-refractivity contribution in [1.29, 1.82) is 0 Å². The number of rotatable bonds is 10. The molecule has 32 heavy (non-hydrogen) atoms. The van der Waals surface area contributed by atoms with Crippen molar-refractivity contribution in [3.8, 4) is 11.3 Å². The van der Waals surface area contributed by atoms with Crippen molar-refractivity contribution < 1.29 is 37.8 Å². The van der Waals surface area contributed by atoms with Gasteiger partial charge in [-0.2, -0.15) is 18.3 Å². The van der Waals surface area contributed by atoms with Crippen molar-refractivity contribution in [2.24, 2.45) is 0 Å². The van der Waals surface area contributed by atoms with Crippen molar-refractivity contribution in [3.63, 3.8) is 0 Å². The predicted molar refractivity (Wildman–Crippen MR) is 117 cm³/mol. The average Bonchev–Trinajstić information content (AvgIpc) is 3.18. The van der Waals surface area contributed by atoms with E-state index in [1.807, 2.05) is 37.3 Å². The van der Waals surface area contributed by atoms with E-state index in [0.29, 0.717) is 30.1 Å². The number of amides is 1. The van der Waals surface area contributed by atoms with Crippen LogP contribution in [0.2, 0.25) is 0 Å². The summed E-state index contributed by atoms with van der Waals surface area (Å²) in [4.78, 5) is 31.8. The summed E-state index contributed by atoms with van der Waals surface area (Å²) in [6, 6.07) is 9.65. The average molecular weight is 494 g/mol. The largest absolute Gasteiger partial charge is 0.490 e.